The molecule has 0 heterocycles. The quantitative estimate of drug-likeness (QED) is 0.575. The number of aliphatic hydroxyl groups excluding tert-OH is 1. The highest BCUT2D eigenvalue weighted by atomic mass is 16.6. The fourth-order valence-electron chi connectivity index (χ4n) is 4.00. The maximum absolute atomic E-state index is 12.9. The molecule has 0 fully saturated rings. The molecular weight excluding hydrogens is 326 g/mol. The third kappa shape index (κ3) is 3.55. The zero-order chi connectivity index (χ0) is 19.6. The van der Waals surface area contributed by atoms with Crippen LogP contribution in [0.4, 0.5) is 0 Å². The van der Waals surface area contributed by atoms with Crippen molar-refractivity contribution in [1.82, 2.24) is 0 Å². The van der Waals surface area contributed by atoms with Gasteiger partial charge in [0.15, 0.2) is 5.78 Å². The van der Waals surface area contributed by atoms with Crippen LogP contribution in [0.25, 0.3) is 0 Å². The highest BCUT2D eigenvalue weighted by Crippen LogP contribution is 2.40. The van der Waals surface area contributed by atoms with Crippen molar-refractivity contribution < 1.29 is 14.7 Å². The molecule has 0 spiro atoms. The zero-order valence-corrected chi connectivity index (χ0v) is 17.1. The fraction of sp³-hybridized carbons (Fsp3) is 0.545. The molecule has 0 saturated heterocycles. The predicted octanol–water partition coefficient (Wildman–Crippen LogP) is 5.29. The first-order valence-electron chi connectivity index (χ1n) is 9.45. The molecule has 0 aromatic heterocycles. The van der Waals surface area contributed by atoms with Crippen molar-refractivity contribution in [2.45, 2.75) is 73.6 Å². The lowest BCUT2D eigenvalue weighted by Gasteiger charge is -2.29. The minimum Gasteiger partial charge on any atom is -0.511 e. The Labute approximate surface area is 156 Å². The van der Waals surface area contributed by atoms with Crippen molar-refractivity contribution in [3.05, 3.63) is 44.7 Å². The first-order valence-corrected chi connectivity index (χ1v) is 9.45. The minimum absolute atomic E-state index is 0.00875. The van der Waals surface area contributed by atoms with Gasteiger partial charge in [-0.3, -0.25) is 4.79 Å². The van der Waals surface area contributed by atoms with Crippen LogP contribution >= 0.6 is 0 Å². The van der Waals surface area contributed by atoms with Crippen molar-refractivity contribution in [3.8, 4) is 0 Å². The van der Waals surface area contributed by atoms with Gasteiger partial charge >= 0.3 is 0 Å². The van der Waals surface area contributed by atoms with Crippen LogP contribution in [-0.4, -0.2) is 23.2 Å². The summed E-state index contributed by atoms with van der Waals surface area (Å²) in [5.74, 6) is 0.101. The first-order chi connectivity index (χ1) is 12.2. The summed E-state index contributed by atoms with van der Waals surface area (Å²) in [7, 11) is 0. The Morgan fingerprint density at radius 3 is 2.00 bits per heavy atom. The van der Waals surface area contributed by atoms with Crippen LogP contribution in [0, 0.1) is 34.6 Å². The van der Waals surface area contributed by atoms with Gasteiger partial charge in [0.05, 0.1) is 11.3 Å². The second kappa shape index (κ2) is 8.07. The average molecular weight is 357 g/mol. The van der Waals surface area contributed by atoms with Gasteiger partial charge in [0, 0.05) is 12.8 Å². The third-order valence-electron chi connectivity index (χ3n) is 5.83. The van der Waals surface area contributed by atoms with E-state index in [2.05, 4.69) is 39.8 Å². The summed E-state index contributed by atoms with van der Waals surface area (Å²) in [4.78, 5) is 18.0. The molecule has 1 atom stereocenters. The number of allylic oxidation sites excluding steroid dienone is 2. The molecule has 142 valence electrons. The van der Waals surface area contributed by atoms with E-state index in [1.54, 1.807) is 0 Å². The summed E-state index contributed by atoms with van der Waals surface area (Å²) in [6.45, 7) is 14.9. The normalized spacial score (nSPS) is 18.5. The van der Waals surface area contributed by atoms with Crippen LogP contribution in [0.1, 0.15) is 72.4 Å². The molecule has 26 heavy (non-hydrogen) atoms. The summed E-state index contributed by atoms with van der Waals surface area (Å²) < 4.78 is 0. The second-order valence-electron chi connectivity index (χ2n) is 7.20. The largest absolute Gasteiger partial charge is 0.511 e. The smallest absolute Gasteiger partial charge is 0.168 e. The van der Waals surface area contributed by atoms with Crippen LogP contribution in [-0.2, 0) is 9.63 Å². The molecule has 1 aliphatic rings. The van der Waals surface area contributed by atoms with Crippen molar-refractivity contribution in [2.24, 2.45) is 5.16 Å². The van der Waals surface area contributed by atoms with E-state index in [9.17, 15) is 9.90 Å². The number of carbonyl (C=O) groups is 1. The number of Topliss-reactive ketones (excluding diaryl/α,β-unsaturated/α-hetero) is 1. The molecular formula is C22H31NO3. The monoisotopic (exact) mass is 357 g/mol. The van der Waals surface area contributed by atoms with E-state index in [-0.39, 0.29) is 17.5 Å². The molecule has 1 aromatic rings. The summed E-state index contributed by atoms with van der Waals surface area (Å²) in [6, 6.07) is 0. The number of rotatable bonds is 5. The summed E-state index contributed by atoms with van der Waals surface area (Å²) >= 11 is 0. The van der Waals surface area contributed by atoms with E-state index in [4.69, 9.17) is 4.84 Å². The maximum Gasteiger partial charge on any atom is 0.168 e. The second-order valence-corrected chi connectivity index (χ2v) is 7.20. The van der Waals surface area contributed by atoms with Crippen LogP contribution in [0.5, 0.6) is 0 Å². The lowest BCUT2D eigenvalue weighted by atomic mass is 9.76. The Hall–Kier alpha value is -2.10. The molecule has 0 bridgehead atoms. The maximum atomic E-state index is 12.9. The van der Waals surface area contributed by atoms with Crippen molar-refractivity contribution >= 4 is 11.5 Å². The highest BCUT2D eigenvalue weighted by molar-refractivity contribution is 6.23. The number of aliphatic hydroxyl groups is 1. The van der Waals surface area contributed by atoms with Gasteiger partial charge in [-0.25, -0.2) is 0 Å². The highest BCUT2D eigenvalue weighted by Gasteiger charge is 2.33. The number of benzene rings is 1. The number of hydrogen-bond acceptors (Lipinski definition) is 4. The molecule has 0 amide bonds. The molecule has 1 aliphatic carbocycles. The zero-order valence-electron chi connectivity index (χ0n) is 17.1. The Kier molecular flexibility index (Phi) is 6.27. The van der Waals surface area contributed by atoms with E-state index < -0.39 is 0 Å². The number of oxime groups is 1. The lowest BCUT2D eigenvalue weighted by molar-refractivity contribution is -0.116. The van der Waals surface area contributed by atoms with E-state index in [0.29, 0.717) is 37.2 Å². The van der Waals surface area contributed by atoms with Crippen LogP contribution in [0.3, 0.4) is 0 Å². The van der Waals surface area contributed by atoms with Gasteiger partial charge in [-0.05, 0) is 87.3 Å². The summed E-state index contributed by atoms with van der Waals surface area (Å²) in [5, 5.41) is 14.7. The van der Waals surface area contributed by atoms with E-state index in [1.165, 1.54) is 33.4 Å². The van der Waals surface area contributed by atoms with Gasteiger partial charge in [-0.2, -0.15) is 0 Å². The predicted molar refractivity (Wildman–Crippen MR) is 106 cm³/mol. The Bertz CT molecular complexity index is 758. The number of carbonyl (C=O) groups excluding carboxylic acids is 1. The molecule has 1 aromatic carbocycles. The topological polar surface area (TPSA) is 58.9 Å². The SMILES string of the molecule is CCO/N=C(/CC)C1=C(O)CC(c2c(C)c(C)c(C)c(C)c2C)CC1=O. The number of hydrogen-bond donors (Lipinski definition) is 1. The number of nitrogens with zero attached hydrogens (tertiary/aromatic N) is 1. The lowest BCUT2D eigenvalue weighted by Crippen LogP contribution is -2.25. The van der Waals surface area contributed by atoms with Gasteiger partial charge < -0.3 is 9.94 Å². The van der Waals surface area contributed by atoms with Gasteiger partial charge in [0.2, 0.25) is 0 Å². The molecule has 1 unspecified atom stereocenters. The number of ketones is 1. The summed E-state index contributed by atoms with van der Waals surface area (Å²) in [6.07, 6.45) is 1.42. The third-order valence-corrected chi connectivity index (χ3v) is 5.83. The Balaban J connectivity index is 2.49. The van der Waals surface area contributed by atoms with Gasteiger partial charge in [-0.15, -0.1) is 0 Å². The molecule has 2 rings (SSSR count). The molecule has 0 saturated carbocycles. The molecule has 4 nitrogen and oxygen atoms in total. The average Bonchev–Trinajstić information content (AvgIpc) is 2.60. The van der Waals surface area contributed by atoms with E-state index >= 15 is 0 Å². The molecule has 0 aliphatic heterocycles. The minimum atomic E-state index is -0.0475. The molecule has 1 N–H and O–H groups in total. The molecule has 0 radical (unpaired) electrons. The van der Waals surface area contributed by atoms with Gasteiger partial charge in [-0.1, -0.05) is 12.1 Å². The van der Waals surface area contributed by atoms with E-state index in [1.807, 2.05) is 13.8 Å². The van der Waals surface area contributed by atoms with Crippen molar-refractivity contribution in [2.75, 3.05) is 6.61 Å². The standard InChI is InChI=1S/C22H31NO3/c1-8-18(23-26-9-2)22-19(24)10-17(11-20(22)25)21-15(6)13(4)12(3)14(5)16(21)7/h17,24H,8-11H2,1-7H3/b23-18-. The van der Waals surface area contributed by atoms with Crippen LogP contribution in [0.15, 0.2) is 16.5 Å². The first kappa shape index (κ1) is 20.2. The van der Waals surface area contributed by atoms with Crippen molar-refractivity contribution in [1.29, 1.82) is 0 Å². The van der Waals surface area contributed by atoms with E-state index in [0.717, 1.165) is 0 Å². The van der Waals surface area contributed by atoms with Crippen LogP contribution < -0.4 is 0 Å². The van der Waals surface area contributed by atoms with Gasteiger partial charge in [0.25, 0.3) is 0 Å². The molecule has 4 heteroatoms. The Morgan fingerprint density at radius 1 is 1.00 bits per heavy atom. The fourth-order valence-corrected chi connectivity index (χ4v) is 4.00. The van der Waals surface area contributed by atoms with Crippen LogP contribution in [0.2, 0.25) is 0 Å². The van der Waals surface area contributed by atoms with Gasteiger partial charge in [0.1, 0.15) is 12.4 Å². The Morgan fingerprint density at radius 2 is 1.54 bits per heavy atom. The van der Waals surface area contributed by atoms with Crippen molar-refractivity contribution in [3.63, 3.8) is 0 Å². The summed E-state index contributed by atoms with van der Waals surface area (Å²) in [5.41, 5.74) is 8.43.